The molecule has 2 heterocycles. The molecule has 1 aliphatic heterocycles. The van der Waals surface area contributed by atoms with Crippen LogP contribution in [0.4, 0.5) is 5.82 Å². The Labute approximate surface area is 121 Å². The van der Waals surface area contributed by atoms with E-state index in [1.807, 2.05) is 24.3 Å². The first-order valence-electron chi connectivity index (χ1n) is 6.77. The second kappa shape index (κ2) is 5.05. The maximum atomic E-state index is 12.1. The summed E-state index contributed by atoms with van der Waals surface area (Å²) in [5.74, 6) is -0.953. The Hall–Kier alpha value is -2.63. The normalized spacial score (nSPS) is 18.4. The van der Waals surface area contributed by atoms with E-state index in [1.54, 1.807) is 11.1 Å². The second-order valence-electron chi connectivity index (χ2n) is 5.26. The fourth-order valence-corrected chi connectivity index (χ4v) is 2.72. The number of benzene rings is 1. The minimum Gasteiger partial charge on any atom is -0.383 e. The van der Waals surface area contributed by atoms with E-state index in [4.69, 9.17) is 11.5 Å². The first-order chi connectivity index (χ1) is 10.1. The van der Waals surface area contributed by atoms with Crippen LogP contribution in [0.2, 0.25) is 0 Å². The van der Waals surface area contributed by atoms with E-state index < -0.39 is 11.8 Å². The number of hydrogen-bond donors (Lipinski definition) is 2. The third-order valence-corrected chi connectivity index (χ3v) is 3.88. The van der Waals surface area contributed by atoms with Gasteiger partial charge in [0.15, 0.2) is 0 Å². The molecule has 6 heteroatoms. The van der Waals surface area contributed by atoms with Crippen molar-refractivity contribution in [2.24, 2.45) is 11.7 Å². The molecule has 1 saturated heterocycles. The Balaban J connectivity index is 1.84. The van der Waals surface area contributed by atoms with Crippen LogP contribution in [-0.2, 0) is 16.1 Å². The number of aromatic nitrogens is 1. The van der Waals surface area contributed by atoms with E-state index >= 15 is 0 Å². The van der Waals surface area contributed by atoms with Gasteiger partial charge in [-0.2, -0.15) is 0 Å². The molecule has 1 aromatic heterocycles. The number of amides is 2. The first kappa shape index (κ1) is 13.4. The number of hydrogen-bond acceptors (Lipinski definition) is 4. The molecular weight excluding hydrogens is 268 g/mol. The SMILES string of the molecule is NC(=O)C1CCN(Cc2ccc3ccnc(N)c3c2)C1=O. The minimum atomic E-state index is -0.683. The molecule has 3 rings (SSSR count). The zero-order chi connectivity index (χ0) is 15.0. The molecule has 0 bridgehead atoms. The van der Waals surface area contributed by atoms with Crippen molar-refractivity contribution in [2.75, 3.05) is 12.3 Å². The molecule has 0 aliphatic carbocycles. The lowest BCUT2D eigenvalue weighted by atomic mass is 10.1. The van der Waals surface area contributed by atoms with Gasteiger partial charge in [-0.3, -0.25) is 9.59 Å². The molecular formula is C15H16N4O2. The molecule has 1 fully saturated rings. The molecule has 6 nitrogen and oxygen atoms in total. The molecule has 0 spiro atoms. The summed E-state index contributed by atoms with van der Waals surface area (Å²) in [7, 11) is 0. The molecule has 2 aromatic rings. The van der Waals surface area contributed by atoms with Gasteiger partial charge in [0.25, 0.3) is 0 Å². The maximum absolute atomic E-state index is 12.1. The van der Waals surface area contributed by atoms with Crippen LogP contribution in [0.25, 0.3) is 10.8 Å². The van der Waals surface area contributed by atoms with Crippen LogP contribution in [-0.4, -0.2) is 28.2 Å². The molecule has 2 amide bonds. The van der Waals surface area contributed by atoms with Crippen molar-refractivity contribution in [3.63, 3.8) is 0 Å². The Morgan fingerprint density at radius 2 is 2.19 bits per heavy atom. The van der Waals surface area contributed by atoms with Crippen molar-refractivity contribution in [2.45, 2.75) is 13.0 Å². The largest absolute Gasteiger partial charge is 0.383 e. The van der Waals surface area contributed by atoms with E-state index in [1.165, 1.54) is 0 Å². The second-order valence-corrected chi connectivity index (χ2v) is 5.26. The van der Waals surface area contributed by atoms with Crippen molar-refractivity contribution in [3.8, 4) is 0 Å². The molecule has 1 atom stereocenters. The number of rotatable bonds is 3. The molecule has 1 unspecified atom stereocenters. The van der Waals surface area contributed by atoms with E-state index in [0.29, 0.717) is 25.3 Å². The Morgan fingerprint density at radius 3 is 2.90 bits per heavy atom. The van der Waals surface area contributed by atoms with Crippen molar-refractivity contribution in [3.05, 3.63) is 36.0 Å². The summed E-state index contributed by atoms with van der Waals surface area (Å²) in [6.07, 6.45) is 2.16. The average Bonchev–Trinajstić information content (AvgIpc) is 2.81. The third-order valence-electron chi connectivity index (χ3n) is 3.88. The highest BCUT2D eigenvalue weighted by Crippen LogP contribution is 2.24. The molecule has 0 radical (unpaired) electrons. The lowest BCUT2D eigenvalue weighted by Gasteiger charge is -2.16. The van der Waals surface area contributed by atoms with Gasteiger partial charge in [-0.25, -0.2) is 4.98 Å². The number of nitrogens with zero attached hydrogens (tertiary/aromatic N) is 2. The van der Waals surface area contributed by atoms with Crippen molar-refractivity contribution in [1.82, 2.24) is 9.88 Å². The quantitative estimate of drug-likeness (QED) is 0.808. The maximum Gasteiger partial charge on any atom is 0.235 e. The zero-order valence-electron chi connectivity index (χ0n) is 11.5. The standard InChI is InChI=1S/C15H16N4O2/c16-13-12-7-9(1-2-10(12)3-5-18-13)8-19-6-4-11(14(17)20)15(19)21/h1-3,5,7,11H,4,6,8H2,(H2,16,18)(H2,17,20). The predicted octanol–water partition coefficient (Wildman–Crippen LogP) is 0.651. The van der Waals surface area contributed by atoms with E-state index in [2.05, 4.69) is 4.98 Å². The molecule has 21 heavy (non-hydrogen) atoms. The van der Waals surface area contributed by atoms with Gasteiger partial charge in [-0.15, -0.1) is 0 Å². The molecule has 0 saturated carbocycles. The van der Waals surface area contributed by atoms with E-state index in [-0.39, 0.29) is 5.91 Å². The lowest BCUT2D eigenvalue weighted by Crippen LogP contribution is -2.33. The number of anilines is 1. The van der Waals surface area contributed by atoms with Crippen LogP contribution in [0.1, 0.15) is 12.0 Å². The van der Waals surface area contributed by atoms with Crippen molar-refractivity contribution >= 4 is 28.4 Å². The minimum absolute atomic E-state index is 0.193. The molecule has 4 N–H and O–H groups in total. The van der Waals surface area contributed by atoms with Gasteiger partial charge in [0.05, 0.1) is 0 Å². The monoisotopic (exact) mass is 284 g/mol. The summed E-state index contributed by atoms with van der Waals surface area (Å²) in [4.78, 5) is 29.0. The van der Waals surface area contributed by atoms with Gasteiger partial charge in [-0.1, -0.05) is 12.1 Å². The Kier molecular flexibility index (Phi) is 3.21. The number of carbonyl (C=O) groups excluding carboxylic acids is 2. The zero-order valence-corrected chi connectivity index (χ0v) is 11.5. The van der Waals surface area contributed by atoms with Crippen molar-refractivity contribution in [1.29, 1.82) is 0 Å². The number of nitrogen functional groups attached to an aromatic ring is 1. The topological polar surface area (TPSA) is 102 Å². The Bertz CT molecular complexity index is 729. The summed E-state index contributed by atoms with van der Waals surface area (Å²) in [6.45, 7) is 1.000. The van der Waals surface area contributed by atoms with E-state index in [9.17, 15) is 9.59 Å². The smallest absolute Gasteiger partial charge is 0.235 e. The summed E-state index contributed by atoms with van der Waals surface area (Å²) in [6, 6.07) is 7.73. The van der Waals surface area contributed by atoms with Gasteiger partial charge >= 0.3 is 0 Å². The highest BCUT2D eigenvalue weighted by atomic mass is 16.2. The Morgan fingerprint density at radius 1 is 1.38 bits per heavy atom. The van der Waals surface area contributed by atoms with Gasteiger partial charge in [-0.05, 0) is 29.5 Å². The van der Waals surface area contributed by atoms with Crippen LogP contribution < -0.4 is 11.5 Å². The number of fused-ring (bicyclic) bond motifs is 1. The molecule has 1 aliphatic rings. The van der Waals surface area contributed by atoms with Crippen LogP contribution in [0.15, 0.2) is 30.5 Å². The van der Waals surface area contributed by atoms with Crippen LogP contribution >= 0.6 is 0 Å². The molecule has 1 aromatic carbocycles. The highest BCUT2D eigenvalue weighted by Gasteiger charge is 2.35. The van der Waals surface area contributed by atoms with Gasteiger partial charge in [0, 0.05) is 24.7 Å². The predicted molar refractivity (Wildman–Crippen MR) is 78.9 cm³/mol. The number of likely N-dealkylation sites (tertiary alicyclic amines) is 1. The van der Waals surface area contributed by atoms with Crippen LogP contribution in [0.5, 0.6) is 0 Å². The van der Waals surface area contributed by atoms with Crippen LogP contribution in [0, 0.1) is 5.92 Å². The van der Waals surface area contributed by atoms with Crippen LogP contribution in [0.3, 0.4) is 0 Å². The van der Waals surface area contributed by atoms with Gasteiger partial charge in [0.1, 0.15) is 11.7 Å². The molecule has 108 valence electrons. The van der Waals surface area contributed by atoms with E-state index in [0.717, 1.165) is 16.3 Å². The number of nitrogens with two attached hydrogens (primary N) is 2. The number of carbonyl (C=O) groups is 2. The average molecular weight is 284 g/mol. The number of pyridine rings is 1. The summed E-state index contributed by atoms with van der Waals surface area (Å²) in [5.41, 5.74) is 12.1. The summed E-state index contributed by atoms with van der Waals surface area (Å²) < 4.78 is 0. The summed E-state index contributed by atoms with van der Waals surface area (Å²) >= 11 is 0. The first-order valence-corrected chi connectivity index (χ1v) is 6.77. The highest BCUT2D eigenvalue weighted by molar-refractivity contribution is 6.01. The third kappa shape index (κ3) is 2.40. The fraction of sp³-hybridized carbons (Fsp3) is 0.267. The van der Waals surface area contributed by atoms with Gasteiger partial charge in [0.2, 0.25) is 11.8 Å². The fourth-order valence-electron chi connectivity index (χ4n) is 2.72. The summed E-state index contributed by atoms with van der Waals surface area (Å²) in [5, 5.41) is 1.88. The van der Waals surface area contributed by atoms with Gasteiger partial charge < -0.3 is 16.4 Å². The lowest BCUT2D eigenvalue weighted by molar-refractivity contribution is -0.136. The number of primary amides is 1. The van der Waals surface area contributed by atoms with Crippen molar-refractivity contribution < 1.29 is 9.59 Å².